The van der Waals surface area contributed by atoms with Crippen molar-refractivity contribution in [3.05, 3.63) is 88.6 Å². The summed E-state index contributed by atoms with van der Waals surface area (Å²) in [5.41, 5.74) is 3.12. The number of furan rings is 1. The zero-order valence-electron chi connectivity index (χ0n) is 16.3. The summed E-state index contributed by atoms with van der Waals surface area (Å²) in [5, 5.41) is 0. The zero-order chi connectivity index (χ0) is 20.7. The van der Waals surface area contributed by atoms with Crippen molar-refractivity contribution in [3.8, 4) is 0 Å². The first kappa shape index (κ1) is 18.6. The molecule has 2 aromatic carbocycles. The van der Waals surface area contributed by atoms with Crippen LogP contribution in [0, 0.1) is 0 Å². The van der Waals surface area contributed by atoms with E-state index in [-0.39, 0.29) is 17.6 Å². The van der Waals surface area contributed by atoms with E-state index in [0.29, 0.717) is 17.8 Å². The fourth-order valence-electron chi connectivity index (χ4n) is 3.86. The van der Waals surface area contributed by atoms with Gasteiger partial charge in [0.05, 0.1) is 16.5 Å². The Bertz CT molecular complexity index is 1320. The summed E-state index contributed by atoms with van der Waals surface area (Å²) in [6.45, 7) is 0.347. The van der Waals surface area contributed by atoms with Crippen LogP contribution in [-0.4, -0.2) is 27.3 Å². The third-order valence-corrected chi connectivity index (χ3v) is 6.56. The fourth-order valence-corrected chi connectivity index (χ4v) is 4.88. The summed E-state index contributed by atoms with van der Waals surface area (Å²) in [6, 6.07) is 18.4. The molecule has 0 radical (unpaired) electrons. The Morgan fingerprint density at radius 2 is 1.80 bits per heavy atom. The first-order valence-electron chi connectivity index (χ1n) is 9.66. The van der Waals surface area contributed by atoms with Gasteiger partial charge in [0.2, 0.25) is 0 Å². The number of aryl methyl sites for hydroxylation is 1. The number of amides is 2. The minimum absolute atomic E-state index is 0.222. The first-order valence-corrected chi connectivity index (χ1v) is 10.5. The smallest absolute Gasteiger partial charge is 0.290 e. The van der Waals surface area contributed by atoms with Gasteiger partial charge in [-0.05, 0) is 35.4 Å². The molecule has 30 heavy (non-hydrogen) atoms. The molecular weight excluding hydrogens is 398 g/mol. The van der Waals surface area contributed by atoms with Gasteiger partial charge in [0.1, 0.15) is 6.04 Å². The molecule has 0 spiro atoms. The molecule has 2 amide bonds. The molecule has 4 aromatic rings. The summed E-state index contributed by atoms with van der Waals surface area (Å²) in [6.07, 6.45) is 1.89. The van der Waals surface area contributed by atoms with Gasteiger partial charge in [-0.25, -0.2) is 0 Å². The lowest BCUT2D eigenvalue weighted by atomic mass is 9.93. The van der Waals surface area contributed by atoms with Crippen molar-refractivity contribution in [2.24, 2.45) is 12.0 Å². The highest BCUT2D eigenvalue weighted by Gasteiger charge is 2.36. The van der Waals surface area contributed by atoms with Crippen molar-refractivity contribution < 1.29 is 14.0 Å². The van der Waals surface area contributed by atoms with E-state index in [1.165, 1.54) is 17.6 Å². The number of rotatable bonds is 2. The summed E-state index contributed by atoms with van der Waals surface area (Å²) in [5.74, 6) is -0.407. The van der Waals surface area contributed by atoms with Crippen LogP contribution in [0.3, 0.4) is 0 Å². The van der Waals surface area contributed by atoms with Crippen LogP contribution in [0.5, 0.6) is 0 Å². The molecule has 0 unspecified atom stereocenters. The Hall–Kier alpha value is -3.45. The molecule has 150 valence electrons. The molecule has 7 heteroatoms. The van der Waals surface area contributed by atoms with Gasteiger partial charge in [0.15, 0.2) is 10.6 Å². The van der Waals surface area contributed by atoms with Crippen molar-refractivity contribution in [2.75, 3.05) is 0 Å². The Morgan fingerprint density at radius 1 is 1.03 bits per heavy atom. The maximum absolute atomic E-state index is 13.3. The maximum Gasteiger partial charge on any atom is 0.290 e. The van der Waals surface area contributed by atoms with E-state index in [2.05, 4.69) is 4.99 Å². The minimum atomic E-state index is -0.678. The third-order valence-electron chi connectivity index (χ3n) is 5.45. The van der Waals surface area contributed by atoms with Crippen LogP contribution in [-0.2, 0) is 24.8 Å². The number of hydrogen-bond donors (Lipinski definition) is 0. The molecule has 0 aliphatic carbocycles. The Kier molecular flexibility index (Phi) is 4.59. The van der Waals surface area contributed by atoms with E-state index in [1.54, 1.807) is 17.0 Å². The molecule has 0 bridgehead atoms. The van der Waals surface area contributed by atoms with Gasteiger partial charge in [-0.1, -0.05) is 47.7 Å². The predicted molar refractivity (Wildman–Crippen MR) is 114 cm³/mol. The topological polar surface area (TPSA) is 67.8 Å². The number of carbonyl (C=O) groups is 2. The molecule has 0 N–H and O–H groups in total. The largest absolute Gasteiger partial charge is 0.459 e. The second-order valence-electron chi connectivity index (χ2n) is 7.26. The van der Waals surface area contributed by atoms with E-state index >= 15 is 0 Å². The molecule has 0 saturated carbocycles. The van der Waals surface area contributed by atoms with Gasteiger partial charge >= 0.3 is 0 Å². The van der Waals surface area contributed by atoms with Gasteiger partial charge < -0.3 is 13.9 Å². The lowest BCUT2D eigenvalue weighted by Gasteiger charge is -2.34. The lowest BCUT2D eigenvalue weighted by molar-refractivity contribution is -0.123. The minimum Gasteiger partial charge on any atom is -0.459 e. The standard InChI is InChI=1S/C23H19N3O3S/c1-25-17-9-4-5-11-20(17)30-23(25)24-21(27)18-13-15-7-2-3-8-16(15)14-26(18)22(28)19-10-6-12-29-19/h2-12,18H,13-14H2,1H3/t18-/m0/s1. The molecule has 3 heterocycles. The number of para-hydroxylation sites is 1. The third kappa shape index (κ3) is 3.17. The predicted octanol–water partition coefficient (Wildman–Crippen LogP) is 3.53. The monoisotopic (exact) mass is 417 g/mol. The second kappa shape index (κ2) is 7.42. The van der Waals surface area contributed by atoms with E-state index in [0.717, 1.165) is 21.3 Å². The SMILES string of the molecule is Cn1c(=NC(=O)[C@@H]2Cc3ccccc3CN2C(=O)c2ccco2)sc2ccccc21. The molecule has 1 aliphatic rings. The van der Waals surface area contributed by atoms with E-state index in [4.69, 9.17) is 4.42 Å². The molecule has 5 rings (SSSR count). The number of benzene rings is 2. The van der Waals surface area contributed by atoms with Crippen LogP contribution in [0.2, 0.25) is 0 Å². The number of nitrogens with zero attached hydrogens (tertiary/aromatic N) is 3. The zero-order valence-corrected chi connectivity index (χ0v) is 17.1. The first-order chi connectivity index (χ1) is 14.6. The van der Waals surface area contributed by atoms with Crippen molar-refractivity contribution in [2.45, 2.75) is 19.0 Å². The highest BCUT2D eigenvalue weighted by Crippen LogP contribution is 2.26. The number of fused-ring (bicyclic) bond motifs is 2. The quantitative estimate of drug-likeness (QED) is 0.501. The Balaban J connectivity index is 1.56. The van der Waals surface area contributed by atoms with Crippen molar-refractivity contribution in [1.82, 2.24) is 9.47 Å². The van der Waals surface area contributed by atoms with Crippen molar-refractivity contribution in [3.63, 3.8) is 0 Å². The van der Waals surface area contributed by atoms with Crippen LogP contribution < -0.4 is 4.80 Å². The average molecular weight is 417 g/mol. The van der Waals surface area contributed by atoms with E-state index in [1.807, 2.05) is 60.1 Å². The van der Waals surface area contributed by atoms with Crippen LogP contribution in [0.25, 0.3) is 10.2 Å². The summed E-state index contributed by atoms with van der Waals surface area (Å²) >= 11 is 1.46. The molecule has 6 nitrogen and oxygen atoms in total. The second-order valence-corrected chi connectivity index (χ2v) is 8.27. The Labute approximate surface area is 176 Å². The van der Waals surface area contributed by atoms with Crippen molar-refractivity contribution >= 4 is 33.4 Å². The molecular formula is C23H19N3O3S. The number of aromatic nitrogens is 1. The summed E-state index contributed by atoms with van der Waals surface area (Å²) in [7, 11) is 1.90. The van der Waals surface area contributed by atoms with Crippen LogP contribution in [0.15, 0.2) is 76.3 Å². The number of hydrogen-bond acceptors (Lipinski definition) is 4. The van der Waals surface area contributed by atoms with Gasteiger partial charge in [0.25, 0.3) is 11.8 Å². The van der Waals surface area contributed by atoms with Gasteiger partial charge in [-0.15, -0.1) is 0 Å². The van der Waals surface area contributed by atoms with Gasteiger partial charge in [0, 0.05) is 20.0 Å². The lowest BCUT2D eigenvalue weighted by Crippen LogP contribution is -2.48. The normalized spacial score (nSPS) is 16.6. The molecule has 0 saturated heterocycles. The molecule has 2 aromatic heterocycles. The number of thiazole rings is 1. The average Bonchev–Trinajstić information content (AvgIpc) is 3.41. The van der Waals surface area contributed by atoms with Crippen molar-refractivity contribution in [1.29, 1.82) is 0 Å². The molecule has 1 aliphatic heterocycles. The van der Waals surface area contributed by atoms with E-state index < -0.39 is 6.04 Å². The summed E-state index contributed by atoms with van der Waals surface area (Å²) < 4.78 is 8.28. The van der Waals surface area contributed by atoms with Crippen LogP contribution >= 0.6 is 11.3 Å². The molecule has 0 fully saturated rings. The van der Waals surface area contributed by atoms with E-state index in [9.17, 15) is 9.59 Å². The van der Waals surface area contributed by atoms with Gasteiger partial charge in [-0.2, -0.15) is 4.99 Å². The Morgan fingerprint density at radius 3 is 2.57 bits per heavy atom. The maximum atomic E-state index is 13.3. The van der Waals surface area contributed by atoms with Crippen LogP contribution in [0.1, 0.15) is 21.7 Å². The van der Waals surface area contributed by atoms with Gasteiger partial charge in [-0.3, -0.25) is 9.59 Å². The number of carbonyl (C=O) groups excluding carboxylic acids is 2. The summed E-state index contributed by atoms with van der Waals surface area (Å²) in [4.78, 5) is 33.0. The molecule has 1 atom stereocenters. The fraction of sp³-hybridized carbons (Fsp3) is 0.174. The highest BCUT2D eigenvalue weighted by molar-refractivity contribution is 7.16. The highest BCUT2D eigenvalue weighted by atomic mass is 32.1. The van der Waals surface area contributed by atoms with Crippen LogP contribution in [0.4, 0.5) is 0 Å².